The van der Waals surface area contributed by atoms with Gasteiger partial charge in [-0.15, -0.1) is 0 Å². The largest absolute Gasteiger partial charge is 0.494 e. The first-order chi connectivity index (χ1) is 13.1. The summed E-state index contributed by atoms with van der Waals surface area (Å²) in [6.07, 6.45) is 6.99. The standard InChI is InChI=1S/C21H29NO5/c1-3-25-18-9-11-19(12-10-18)26-15-20(23)27-16(2)21(24)22-14-13-17-7-5-4-6-8-17/h7,9-12,16H,3-6,8,13-15H2,1-2H3,(H,22,24)/t16-/m0/s1. The second kappa shape index (κ2) is 11.3. The maximum atomic E-state index is 12.0. The number of benzene rings is 1. The Morgan fingerprint density at radius 3 is 2.44 bits per heavy atom. The number of rotatable bonds is 10. The predicted octanol–water partition coefficient (Wildman–Crippen LogP) is 3.40. The van der Waals surface area contributed by atoms with E-state index in [1.165, 1.54) is 18.4 Å². The van der Waals surface area contributed by atoms with Crippen LogP contribution in [-0.4, -0.2) is 37.7 Å². The number of nitrogens with one attached hydrogen (secondary N) is 1. The van der Waals surface area contributed by atoms with Crippen LogP contribution in [0, 0.1) is 0 Å². The van der Waals surface area contributed by atoms with Gasteiger partial charge >= 0.3 is 5.97 Å². The average molecular weight is 375 g/mol. The van der Waals surface area contributed by atoms with E-state index >= 15 is 0 Å². The Balaban J connectivity index is 1.64. The van der Waals surface area contributed by atoms with Gasteiger partial charge in [0.05, 0.1) is 6.61 Å². The number of hydrogen-bond acceptors (Lipinski definition) is 5. The molecule has 0 unspecified atom stereocenters. The normalized spacial score (nSPS) is 14.7. The minimum absolute atomic E-state index is 0.252. The first-order valence-corrected chi connectivity index (χ1v) is 9.59. The summed E-state index contributed by atoms with van der Waals surface area (Å²) >= 11 is 0. The van der Waals surface area contributed by atoms with Crippen LogP contribution in [0.2, 0.25) is 0 Å². The zero-order valence-corrected chi connectivity index (χ0v) is 16.2. The van der Waals surface area contributed by atoms with Crippen LogP contribution in [0.15, 0.2) is 35.9 Å². The molecule has 1 aromatic carbocycles. The molecule has 148 valence electrons. The highest BCUT2D eigenvalue weighted by Gasteiger charge is 2.18. The van der Waals surface area contributed by atoms with Crippen molar-refractivity contribution in [3.63, 3.8) is 0 Å². The number of allylic oxidation sites excluding steroid dienone is 1. The molecule has 0 bridgehead atoms. The molecule has 0 aliphatic heterocycles. The van der Waals surface area contributed by atoms with Gasteiger partial charge in [0, 0.05) is 6.54 Å². The summed E-state index contributed by atoms with van der Waals surface area (Å²) in [7, 11) is 0. The van der Waals surface area contributed by atoms with Crippen LogP contribution in [0.25, 0.3) is 0 Å². The molecule has 1 amide bonds. The summed E-state index contributed by atoms with van der Waals surface area (Å²) in [4.78, 5) is 23.9. The Bertz CT molecular complexity index is 638. The molecule has 2 rings (SSSR count). The van der Waals surface area contributed by atoms with Gasteiger partial charge in [0.2, 0.25) is 0 Å². The van der Waals surface area contributed by atoms with Crippen LogP contribution >= 0.6 is 0 Å². The molecule has 0 aromatic heterocycles. The number of carbonyl (C=O) groups is 2. The minimum atomic E-state index is -0.846. The highest BCUT2D eigenvalue weighted by atomic mass is 16.6. The van der Waals surface area contributed by atoms with Crippen molar-refractivity contribution in [2.45, 2.75) is 52.1 Å². The van der Waals surface area contributed by atoms with Crippen LogP contribution in [0.3, 0.4) is 0 Å². The lowest BCUT2D eigenvalue weighted by atomic mass is 9.97. The number of amides is 1. The number of esters is 1. The Kier molecular flexibility index (Phi) is 8.68. The van der Waals surface area contributed by atoms with E-state index in [-0.39, 0.29) is 12.5 Å². The maximum absolute atomic E-state index is 12.0. The summed E-state index contributed by atoms with van der Waals surface area (Å²) in [5, 5.41) is 2.82. The topological polar surface area (TPSA) is 73.9 Å². The summed E-state index contributed by atoms with van der Waals surface area (Å²) < 4.78 is 15.8. The SMILES string of the molecule is CCOc1ccc(OCC(=O)O[C@@H](C)C(=O)NCCC2=CCCCC2)cc1. The van der Waals surface area contributed by atoms with Gasteiger partial charge < -0.3 is 19.5 Å². The third-order valence-electron chi connectivity index (χ3n) is 4.30. The molecular weight excluding hydrogens is 346 g/mol. The van der Waals surface area contributed by atoms with Crippen molar-refractivity contribution in [3.8, 4) is 11.5 Å². The van der Waals surface area contributed by atoms with Gasteiger partial charge in [-0.1, -0.05) is 11.6 Å². The van der Waals surface area contributed by atoms with Gasteiger partial charge in [0.25, 0.3) is 5.91 Å². The van der Waals surface area contributed by atoms with Gasteiger partial charge in [-0.2, -0.15) is 0 Å². The fourth-order valence-electron chi connectivity index (χ4n) is 2.85. The van der Waals surface area contributed by atoms with Crippen molar-refractivity contribution in [3.05, 3.63) is 35.9 Å². The van der Waals surface area contributed by atoms with Gasteiger partial charge in [-0.3, -0.25) is 4.79 Å². The molecule has 1 aliphatic rings. The third kappa shape index (κ3) is 7.72. The highest BCUT2D eigenvalue weighted by Crippen LogP contribution is 2.19. The zero-order valence-electron chi connectivity index (χ0n) is 16.2. The lowest BCUT2D eigenvalue weighted by molar-refractivity contribution is -0.156. The van der Waals surface area contributed by atoms with E-state index in [4.69, 9.17) is 14.2 Å². The first-order valence-electron chi connectivity index (χ1n) is 9.59. The summed E-state index contributed by atoms with van der Waals surface area (Å²) in [6, 6.07) is 6.96. The van der Waals surface area contributed by atoms with E-state index < -0.39 is 12.1 Å². The van der Waals surface area contributed by atoms with Crippen molar-refractivity contribution in [2.24, 2.45) is 0 Å². The van der Waals surface area contributed by atoms with Crippen LogP contribution < -0.4 is 14.8 Å². The van der Waals surface area contributed by atoms with Crippen LogP contribution in [0.1, 0.15) is 46.0 Å². The Labute approximate surface area is 160 Å². The molecule has 0 saturated heterocycles. The van der Waals surface area contributed by atoms with Crippen LogP contribution in [0.4, 0.5) is 0 Å². The predicted molar refractivity (Wildman–Crippen MR) is 103 cm³/mol. The van der Waals surface area contributed by atoms with Crippen molar-refractivity contribution >= 4 is 11.9 Å². The zero-order chi connectivity index (χ0) is 19.5. The monoisotopic (exact) mass is 375 g/mol. The van der Waals surface area contributed by atoms with E-state index in [1.807, 2.05) is 6.92 Å². The molecule has 6 heteroatoms. The first kappa shape index (κ1) is 20.8. The number of hydrogen-bond donors (Lipinski definition) is 1. The fraction of sp³-hybridized carbons (Fsp3) is 0.524. The molecule has 1 aliphatic carbocycles. The molecule has 27 heavy (non-hydrogen) atoms. The van der Waals surface area contributed by atoms with E-state index in [1.54, 1.807) is 31.2 Å². The van der Waals surface area contributed by atoms with Crippen molar-refractivity contribution in [2.75, 3.05) is 19.8 Å². The average Bonchev–Trinajstić information content (AvgIpc) is 2.68. The molecule has 6 nitrogen and oxygen atoms in total. The molecule has 1 aromatic rings. The quantitative estimate of drug-likeness (QED) is 0.501. The molecule has 0 radical (unpaired) electrons. The van der Waals surface area contributed by atoms with Crippen molar-refractivity contribution in [1.29, 1.82) is 0 Å². The Morgan fingerprint density at radius 2 is 1.81 bits per heavy atom. The maximum Gasteiger partial charge on any atom is 0.344 e. The second-order valence-electron chi connectivity index (χ2n) is 6.47. The van der Waals surface area contributed by atoms with Gasteiger partial charge in [0.15, 0.2) is 12.7 Å². The van der Waals surface area contributed by atoms with Gasteiger partial charge in [-0.25, -0.2) is 4.79 Å². The van der Waals surface area contributed by atoms with E-state index in [0.717, 1.165) is 25.0 Å². The minimum Gasteiger partial charge on any atom is -0.494 e. The molecule has 0 heterocycles. The van der Waals surface area contributed by atoms with E-state index in [9.17, 15) is 9.59 Å². The molecular formula is C21H29NO5. The van der Waals surface area contributed by atoms with Crippen LogP contribution in [-0.2, 0) is 14.3 Å². The molecule has 1 N–H and O–H groups in total. The Hall–Kier alpha value is -2.50. The number of ether oxygens (including phenoxy) is 3. The van der Waals surface area contributed by atoms with Crippen molar-refractivity contribution in [1.82, 2.24) is 5.32 Å². The lowest BCUT2D eigenvalue weighted by Gasteiger charge is -2.16. The van der Waals surface area contributed by atoms with Gasteiger partial charge in [-0.05, 0) is 70.2 Å². The smallest absolute Gasteiger partial charge is 0.344 e. The van der Waals surface area contributed by atoms with E-state index in [0.29, 0.717) is 18.9 Å². The number of carbonyl (C=O) groups excluding carboxylic acids is 2. The second-order valence-corrected chi connectivity index (χ2v) is 6.47. The van der Waals surface area contributed by atoms with E-state index in [2.05, 4.69) is 11.4 Å². The summed E-state index contributed by atoms with van der Waals surface area (Å²) in [6.45, 7) is 4.37. The highest BCUT2D eigenvalue weighted by molar-refractivity contribution is 5.83. The molecule has 0 spiro atoms. The molecule has 0 saturated carbocycles. The third-order valence-corrected chi connectivity index (χ3v) is 4.30. The molecule has 1 atom stereocenters. The molecule has 0 fully saturated rings. The fourth-order valence-corrected chi connectivity index (χ4v) is 2.85. The summed E-state index contributed by atoms with van der Waals surface area (Å²) in [5.74, 6) is 0.400. The van der Waals surface area contributed by atoms with Gasteiger partial charge in [0.1, 0.15) is 11.5 Å². The van der Waals surface area contributed by atoms with Crippen LogP contribution in [0.5, 0.6) is 11.5 Å². The Morgan fingerprint density at radius 1 is 1.11 bits per heavy atom. The lowest BCUT2D eigenvalue weighted by Crippen LogP contribution is -2.37. The van der Waals surface area contributed by atoms with Crippen molar-refractivity contribution < 1.29 is 23.8 Å². The summed E-state index contributed by atoms with van der Waals surface area (Å²) in [5.41, 5.74) is 1.40.